The van der Waals surface area contributed by atoms with E-state index in [1.165, 1.54) is 11.1 Å². The van der Waals surface area contributed by atoms with E-state index in [-0.39, 0.29) is 12.2 Å². The van der Waals surface area contributed by atoms with E-state index in [1.807, 2.05) is 6.07 Å². The molecule has 2 heteroatoms. The van der Waals surface area contributed by atoms with Gasteiger partial charge in [-0.1, -0.05) is 29.8 Å². The van der Waals surface area contributed by atoms with Crippen LogP contribution in [0.5, 0.6) is 0 Å². The topological polar surface area (TPSA) is 29.5 Å². The molecule has 2 unspecified atom stereocenters. The molecule has 1 fully saturated rings. The van der Waals surface area contributed by atoms with Gasteiger partial charge in [-0.15, -0.1) is 0 Å². The lowest BCUT2D eigenvalue weighted by molar-refractivity contribution is 0.0541. The third-order valence-electron chi connectivity index (χ3n) is 3.11. The number of aliphatic hydroxyl groups excluding tert-OH is 1. The van der Waals surface area contributed by atoms with Crippen molar-refractivity contribution in [2.24, 2.45) is 0 Å². The Morgan fingerprint density at radius 1 is 1.50 bits per heavy atom. The Kier molecular flexibility index (Phi) is 3.97. The van der Waals surface area contributed by atoms with Crippen LogP contribution >= 0.6 is 0 Å². The molecule has 1 heterocycles. The molecule has 2 nitrogen and oxygen atoms in total. The molecular weight excluding hydrogens is 200 g/mol. The fourth-order valence-corrected chi connectivity index (χ4v) is 2.33. The van der Waals surface area contributed by atoms with Crippen molar-refractivity contribution in [1.82, 2.24) is 0 Å². The third kappa shape index (κ3) is 3.32. The molecule has 0 aliphatic carbocycles. The van der Waals surface area contributed by atoms with Crippen molar-refractivity contribution < 1.29 is 9.84 Å². The highest BCUT2D eigenvalue weighted by Gasteiger charge is 2.19. The summed E-state index contributed by atoms with van der Waals surface area (Å²) in [7, 11) is 0. The molecule has 0 saturated carbocycles. The molecule has 2 rings (SSSR count). The van der Waals surface area contributed by atoms with Crippen LogP contribution in [0.15, 0.2) is 24.3 Å². The Hall–Kier alpha value is -0.860. The highest BCUT2D eigenvalue weighted by Crippen LogP contribution is 2.18. The molecule has 2 atom stereocenters. The maximum Gasteiger partial charge on any atom is 0.0605 e. The zero-order valence-electron chi connectivity index (χ0n) is 9.86. The Morgan fingerprint density at radius 2 is 2.38 bits per heavy atom. The molecule has 0 aromatic heterocycles. The fourth-order valence-electron chi connectivity index (χ4n) is 2.33. The van der Waals surface area contributed by atoms with Gasteiger partial charge in [0.2, 0.25) is 0 Å². The number of rotatable bonds is 4. The van der Waals surface area contributed by atoms with Crippen molar-refractivity contribution >= 4 is 0 Å². The number of benzene rings is 1. The summed E-state index contributed by atoms with van der Waals surface area (Å²) in [6.07, 6.45) is 3.76. The highest BCUT2D eigenvalue weighted by molar-refractivity contribution is 5.22. The minimum Gasteiger partial charge on any atom is -0.393 e. The van der Waals surface area contributed by atoms with Crippen LogP contribution in [0.4, 0.5) is 0 Å². The molecule has 0 amide bonds. The molecular formula is C14H20O2. The lowest BCUT2D eigenvalue weighted by Gasteiger charge is -2.15. The SMILES string of the molecule is Cc1cccc(CC(O)CC2CCCO2)c1. The van der Waals surface area contributed by atoms with Crippen molar-refractivity contribution in [2.75, 3.05) is 6.61 Å². The summed E-state index contributed by atoms with van der Waals surface area (Å²) >= 11 is 0. The van der Waals surface area contributed by atoms with E-state index in [1.54, 1.807) is 0 Å². The van der Waals surface area contributed by atoms with Gasteiger partial charge in [0.05, 0.1) is 12.2 Å². The van der Waals surface area contributed by atoms with Crippen LogP contribution in [0.1, 0.15) is 30.4 Å². The first-order valence-corrected chi connectivity index (χ1v) is 6.09. The molecule has 0 bridgehead atoms. The summed E-state index contributed by atoms with van der Waals surface area (Å²) in [5.74, 6) is 0. The predicted molar refractivity (Wildman–Crippen MR) is 64.5 cm³/mol. The molecule has 1 aromatic rings. The van der Waals surface area contributed by atoms with E-state index >= 15 is 0 Å². The average molecular weight is 220 g/mol. The maximum absolute atomic E-state index is 9.97. The van der Waals surface area contributed by atoms with Crippen LogP contribution in [0, 0.1) is 6.92 Å². The summed E-state index contributed by atoms with van der Waals surface area (Å²) in [4.78, 5) is 0. The van der Waals surface area contributed by atoms with E-state index in [4.69, 9.17) is 4.74 Å². The number of aliphatic hydroxyl groups is 1. The van der Waals surface area contributed by atoms with Gasteiger partial charge < -0.3 is 9.84 Å². The van der Waals surface area contributed by atoms with E-state index in [2.05, 4.69) is 25.1 Å². The molecule has 1 aliphatic heterocycles. The van der Waals surface area contributed by atoms with Gasteiger partial charge in [-0.2, -0.15) is 0 Å². The largest absolute Gasteiger partial charge is 0.393 e. The Balaban J connectivity index is 1.84. The van der Waals surface area contributed by atoms with Gasteiger partial charge in [0.1, 0.15) is 0 Å². The van der Waals surface area contributed by atoms with E-state index in [0.29, 0.717) is 0 Å². The van der Waals surface area contributed by atoms with Gasteiger partial charge >= 0.3 is 0 Å². The van der Waals surface area contributed by atoms with Crippen LogP contribution in [0.25, 0.3) is 0 Å². The van der Waals surface area contributed by atoms with E-state index < -0.39 is 0 Å². The number of ether oxygens (including phenoxy) is 1. The first-order chi connectivity index (χ1) is 7.74. The average Bonchev–Trinajstić information content (AvgIpc) is 2.70. The van der Waals surface area contributed by atoms with Crippen molar-refractivity contribution in [2.45, 2.75) is 44.8 Å². The Morgan fingerprint density at radius 3 is 3.06 bits per heavy atom. The van der Waals surface area contributed by atoms with Gasteiger partial charge in [-0.05, 0) is 38.2 Å². The molecule has 1 aromatic carbocycles. The summed E-state index contributed by atoms with van der Waals surface area (Å²) in [5, 5.41) is 9.97. The predicted octanol–water partition coefficient (Wildman–Crippen LogP) is 2.47. The van der Waals surface area contributed by atoms with E-state index in [9.17, 15) is 5.11 Å². The standard InChI is InChI=1S/C14H20O2/c1-11-4-2-5-12(8-11)9-13(15)10-14-6-3-7-16-14/h2,4-5,8,13-15H,3,6-7,9-10H2,1H3. The van der Waals surface area contributed by atoms with Gasteiger partial charge in [0, 0.05) is 6.61 Å². The lowest BCUT2D eigenvalue weighted by atomic mass is 10.0. The first kappa shape index (κ1) is 11.6. The van der Waals surface area contributed by atoms with Crippen molar-refractivity contribution in [3.63, 3.8) is 0 Å². The lowest BCUT2D eigenvalue weighted by Crippen LogP contribution is -2.19. The molecule has 1 N–H and O–H groups in total. The molecule has 0 spiro atoms. The zero-order chi connectivity index (χ0) is 11.4. The monoisotopic (exact) mass is 220 g/mol. The summed E-state index contributed by atoms with van der Waals surface area (Å²) in [5.41, 5.74) is 2.47. The number of hydrogen-bond acceptors (Lipinski definition) is 2. The fraction of sp³-hybridized carbons (Fsp3) is 0.571. The minimum atomic E-state index is -0.273. The maximum atomic E-state index is 9.97. The van der Waals surface area contributed by atoms with E-state index in [0.717, 1.165) is 32.3 Å². The second-order valence-electron chi connectivity index (χ2n) is 4.72. The molecule has 1 saturated heterocycles. The van der Waals surface area contributed by atoms with Crippen molar-refractivity contribution in [3.05, 3.63) is 35.4 Å². The molecule has 16 heavy (non-hydrogen) atoms. The first-order valence-electron chi connectivity index (χ1n) is 6.09. The van der Waals surface area contributed by atoms with Crippen LogP contribution in [-0.4, -0.2) is 23.9 Å². The Bertz CT molecular complexity index is 329. The normalized spacial score (nSPS) is 22.2. The van der Waals surface area contributed by atoms with Crippen LogP contribution in [0.2, 0.25) is 0 Å². The summed E-state index contributed by atoms with van der Waals surface area (Å²) in [6.45, 7) is 2.94. The van der Waals surface area contributed by atoms with Crippen LogP contribution in [0.3, 0.4) is 0 Å². The van der Waals surface area contributed by atoms with Crippen molar-refractivity contribution in [1.29, 1.82) is 0 Å². The van der Waals surface area contributed by atoms with Gasteiger partial charge in [-0.3, -0.25) is 0 Å². The van der Waals surface area contributed by atoms with Gasteiger partial charge in [-0.25, -0.2) is 0 Å². The quantitative estimate of drug-likeness (QED) is 0.844. The summed E-state index contributed by atoms with van der Waals surface area (Å²) in [6, 6.07) is 8.34. The second-order valence-corrected chi connectivity index (χ2v) is 4.72. The number of hydrogen-bond donors (Lipinski definition) is 1. The second kappa shape index (κ2) is 5.46. The van der Waals surface area contributed by atoms with Crippen LogP contribution < -0.4 is 0 Å². The smallest absolute Gasteiger partial charge is 0.0605 e. The van der Waals surface area contributed by atoms with Gasteiger partial charge in [0.25, 0.3) is 0 Å². The van der Waals surface area contributed by atoms with Crippen molar-refractivity contribution in [3.8, 4) is 0 Å². The highest BCUT2D eigenvalue weighted by atomic mass is 16.5. The third-order valence-corrected chi connectivity index (χ3v) is 3.11. The summed E-state index contributed by atoms with van der Waals surface area (Å²) < 4.78 is 5.53. The van der Waals surface area contributed by atoms with Crippen LogP contribution in [-0.2, 0) is 11.2 Å². The Labute approximate surface area is 97.3 Å². The van der Waals surface area contributed by atoms with Gasteiger partial charge in [0.15, 0.2) is 0 Å². The number of aryl methyl sites for hydroxylation is 1. The molecule has 1 aliphatic rings. The zero-order valence-corrected chi connectivity index (χ0v) is 9.86. The molecule has 88 valence electrons. The minimum absolute atomic E-state index is 0.273. The molecule has 0 radical (unpaired) electrons.